The Kier molecular flexibility index (Phi) is 7.64. The second-order valence-electron chi connectivity index (χ2n) is 3.16. The van der Waals surface area contributed by atoms with Gasteiger partial charge in [-0.3, -0.25) is 4.79 Å². The molecule has 0 fully saturated rings. The zero-order valence-electron chi connectivity index (χ0n) is 8.69. The van der Waals surface area contributed by atoms with E-state index >= 15 is 0 Å². The first-order valence-corrected chi connectivity index (χ1v) is 6.22. The van der Waals surface area contributed by atoms with Crippen LogP contribution in [0.25, 0.3) is 0 Å². The molecule has 0 aromatic carbocycles. The van der Waals surface area contributed by atoms with Gasteiger partial charge in [0.15, 0.2) is 0 Å². The van der Waals surface area contributed by atoms with Crippen LogP contribution in [0.15, 0.2) is 0 Å². The van der Waals surface area contributed by atoms with Gasteiger partial charge in [0.2, 0.25) is 0 Å². The van der Waals surface area contributed by atoms with Gasteiger partial charge in [-0.15, -0.1) is 0 Å². The summed E-state index contributed by atoms with van der Waals surface area (Å²) in [6.07, 6.45) is 0.814. The Labute approximate surface area is 92.0 Å². The van der Waals surface area contributed by atoms with Gasteiger partial charge >= 0.3 is 12.1 Å². The number of hydrogen-bond donors (Lipinski definition) is 1. The number of carbonyl (C=O) groups is 1. The number of nitrogens with one attached hydrogen (secondary N) is 1. The smallest absolute Gasteiger partial charge is 0.348 e. The highest BCUT2D eigenvalue weighted by atomic mass is 32.2. The van der Waals surface area contributed by atoms with E-state index in [0.717, 1.165) is 25.0 Å². The lowest BCUT2D eigenvalue weighted by atomic mass is 10.2. The Balaban J connectivity index is 3.28. The minimum Gasteiger partial charge on any atom is -0.348 e. The summed E-state index contributed by atoms with van der Waals surface area (Å²) >= 11 is 1.76. The number of hydrogen-bond acceptors (Lipinski definition) is 2. The molecule has 0 aromatic rings. The first kappa shape index (κ1) is 14.6. The van der Waals surface area contributed by atoms with Gasteiger partial charge in [0, 0.05) is 6.54 Å². The van der Waals surface area contributed by atoms with E-state index < -0.39 is 12.1 Å². The second kappa shape index (κ2) is 7.84. The van der Waals surface area contributed by atoms with Crippen LogP contribution >= 0.6 is 11.8 Å². The number of rotatable bonds is 7. The van der Waals surface area contributed by atoms with E-state index in [1.54, 1.807) is 11.8 Å². The number of alkyl halides is 3. The Bertz CT molecular complexity index is 185. The molecule has 2 nitrogen and oxygen atoms in total. The molecule has 0 heterocycles. The molecule has 0 aliphatic carbocycles. The van der Waals surface area contributed by atoms with Gasteiger partial charge < -0.3 is 5.32 Å². The minimum atomic E-state index is -4.75. The largest absolute Gasteiger partial charge is 0.471 e. The standard InChI is InChI=1S/C9H16F3NOS/c1-15-7-5-3-2-4-6-13-8(14)9(10,11)12/h2-7H2,1H3,(H,13,14). The van der Waals surface area contributed by atoms with Crippen LogP contribution in [0.1, 0.15) is 25.7 Å². The molecular formula is C9H16F3NOS. The monoisotopic (exact) mass is 243 g/mol. The van der Waals surface area contributed by atoms with E-state index in [1.807, 2.05) is 11.6 Å². The van der Waals surface area contributed by atoms with Gasteiger partial charge in [-0.25, -0.2) is 0 Å². The van der Waals surface area contributed by atoms with Crippen molar-refractivity contribution in [3.8, 4) is 0 Å². The van der Waals surface area contributed by atoms with E-state index in [1.165, 1.54) is 0 Å². The lowest BCUT2D eigenvalue weighted by Gasteiger charge is -2.07. The summed E-state index contributed by atoms with van der Waals surface area (Å²) in [6, 6.07) is 0. The number of halogens is 3. The van der Waals surface area contributed by atoms with Crippen molar-refractivity contribution in [3.05, 3.63) is 0 Å². The minimum absolute atomic E-state index is 0.109. The molecule has 0 bridgehead atoms. The Morgan fingerprint density at radius 3 is 2.33 bits per heavy atom. The number of thioether (sulfide) groups is 1. The fourth-order valence-corrected chi connectivity index (χ4v) is 1.52. The molecular weight excluding hydrogens is 227 g/mol. The molecule has 6 heteroatoms. The molecule has 0 radical (unpaired) electrons. The van der Waals surface area contributed by atoms with E-state index in [0.29, 0.717) is 6.42 Å². The third-order valence-electron chi connectivity index (χ3n) is 1.82. The zero-order chi connectivity index (χ0) is 11.7. The topological polar surface area (TPSA) is 29.1 Å². The second-order valence-corrected chi connectivity index (χ2v) is 4.15. The van der Waals surface area contributed by atoms with E-state index in [9.17, 15) is 18.0 Å². The summed E-state index contributed by atoms with van der Waals surface area (Å²) in [5.74, 6) is -0.763. The molecule has 0 atom stereocenters. The molecule has 0 saturated carbocycles. The molecule has 0 saturated heterocycles. The predicted octanol–water partition coefficient (Wildman–Crippen LogP) is 2.59. The van der Waals surface area contributed by atoms with E-state index in [4.69, 9.17) is 0 Å². The van der Waals surface area contributed by atoms with Gasteiger partial charge in [-0.1, -0.05) is 12.8 Å². The van der Waals surface area contributed by atoms with Crippen molar-refractivity contribution in [3.63, 3.8) is 0 Å². The highest BCUT2D eigenvalue weighted by molar-refractivity contribution is 7.98. The number of carbonyl (C=O) groups excluding carboxylic acids is 1. The van der Waals surface area contributed by atoms with Crippen LogP contribution in [-0.2, 0) is 4.79 Å². The highest BCUT2D eigenvalue weighted by Gasteiger charge is 2.37. The van der Waals surface area contributed by atoms with Crippen LogP contribution in [-0.4, -0.2) is 30.6 Å². The highest BCUT2D eigenvalue weighted by Crippen LogP contribution is 2.14. The normalized spacial score (nSPS) is 11.5. The first-order valence-electron chi connectivity index (χ1n) is 4.82. The van der Waals surface area contributed by atoms with Crippen molar-refractivity contribution >= 4 is 17.7 Å². The summed E-state index contributed by atoms with van der Waals surface area (Å²) in [5.41, 5.74) is 0. The molecule has 0 aliphatic rings. The molecule has 0 unspecified atom stereocenters. The van der Waals surface area contributed by atoms with Crippen molar-refractivity contribution in [2.45, 2.75) is 31.9 Å². The summed E-state index contributed by atoms with van der Waals surface area (Å²) in [6.45, 7) is 0.109. The Morgan fingerprint density at radius 1 is 1.20 bits per heavy atom. The van der Waals surface area contributed by atoms with Crippen LogP contribution in [0.3, 0.4) is 0 Å². The molecule has 90 valence electrons. The van der Waals surface area contributed by atoms with Crippen molar-refractivity contribution in [2.24, 2.45) is 0 Å². The third-order valence-corrected chi connectivity index (χ3v) is 2.52. The lowest BCUT2D eigenvalue weighted by molar-refractivity contribution is -0.173. The van der Waals surface area contributed by atoms with Crippen LogP contribution in [0.4, 0.5) is 13.2 Å². The van der Waals surface area contributed by atoms with Crippen molar-refractivity contribution in [1.82, 2.24) is 5.32 Å². The summed E-state index contributed by atoms with van der Waals surface area (Å²) in [5, 5.41) is 1.84. The van der Waals surface area contributed by atoms with Crippen LogP contribution in [0, 0.1) is 0 Å². The predicted molar refractivity (Wildman–Crippen MR) is 55.9 cm³/mol. The van der Waals surface area contributed by atoms with Crippen LogP contribution in [0.2, 0.25) is 0 Å². The summed E-state index contributed by atoms with van der Waals surface area (Å²) in [7, 11) is 0. The molecule has 0 rings (SSSR count). The average Bonchev–Trinajstić information content (AvgIpc) is 2.14. The van der Waals surface area contributed by atoms with Gasteiger partial charge in [0.05, 0.1) is 0 Å². The van der Waals surface area contributed by atoms with Crippen molar-refractivity contribution < 1.29 is 18.0 Å². The van der Waals surface area contributed by atoms with Crippen molar-refractivity contribution in [1.29, 1.82) is 0 Å². The average molecular weight is 243 g/mol. The summed E-state index contributed by atoms with van der Waals surface area (Å²) in [4.78, 5) is 10.4. The van der Waals surface area contributed by atoms with Gasteiger partial charge in [-0.05, 0) is 24.9 Å². The zero-order valence-corrected chi connectivity index (χ0v) is 9.51. The SMILES string of the molecule is CSCCCCCCNC(=O)C(F)(F)F. The van der Waals surface area contributed by atoms with Gasteiger partial charge in [0.25, 0.3) is 0 Å². The van der Waals surface area contributed by atoms with Gasteiger partial charge in [-0.2, -0.15) is 24.9 Å². The molecule has 0 spiro atoms. The Morgan fingerprint density at radius 2 is 1.80 bits per heavy atom. The Hall–Kier alpha value is -0.390. The fourth-order valence-electron chi connectivity index (χ4n) is 1.03. The van der Waals surface area contributed by atoms with Crippen molar-refractivity contribution in [2.75, 3.05) is 18.6 Å². The molecule has 1 N–H and O–H groups in total. The number of amides is 1. The fraction of sp³-hybridized carbons (Fsp3) is 0.889. The molecule has 0 aromatic heterocycles. The lowest BCUT2D eigenvalue weighted by Crippen LogP contribution is -2.37. The quantitative estimate of drug-likeness (QED) is 0.696. The molecule has 1 amide bonds. The number of unbranched alkanes of at least 4 members (excludes halogenated alkanes) is 3. The molecule has 0 aliphatic heterocycles. The maximum absolute atomic E-state index is 11.7. The van der Waals surface area contributed by atoms with E-state index in [2.05, 4.69) is 0 Å². The summed E-state index contributed by atoms with van der Waals surface area (Å²) < 4.78 is 35.1. The first-order chi connectivity index (χ1) is 6.98. The third kappa shape index (κ3) is 8.59. The van der Waals surface area contributed by atoms with Crippen LogP contribution in [0.5, 0.6) is 0 Å². The van der Waals surface area contributed by atoms with E-state index in [-0.39, 0.29) is 6.54 Å². The molecule has 15 heavy (non-hydrogen) atoms. The van der Waals surface area contributed by atoms with Crippen LogP contribution < -0.4 is 5.32 Å². The maximum Gasteiger partial charge on any atom is 0.471 e. The maximum atomic E-state index is 11.7. The van der Waals surface area contributed by atoms with Gasteiger partial charge in [0.1, 0.15) is 0 Å².